The monoisotopic (exact) mass is 500 g/mol. The van der Waals surface area contributed by atoms with E-state index < -0.39 is 29.8 Å². The Morgan fingerprint density at radius 1 is 1.11 bits per heavy atom. The summed E-state index contributed by atoms with van der Waals surface area (Å²) in [6, 6.07) is 0.291. The molecule has 3 heterocycles. The zero-order chi connectivity index (χ0) is 25.3. The van der Waals surface area contributed by atoms with Gasteiger partial charge in [0.05, 0.1) is 30.5 Å². The minimum atomic E-state index is -4.97. The summed E-state index contributed by atoms with van der Waals surface area (Å²) >= 11 is 0. The third-order valence-corrected chi connectivity index (χ3v) is 7.25. The Hall–Kier alpha value is -2.53. The van der Waals surface area contributed by atoms with Gasteiger partial charge < -0.3 is 20.8 Å². The van der Waals surface area contributed by atoms with E-state index in [-0.39, 0.29) is 24.1 Å². The molecule has 4 aliphatic rings. The third kappa shape index (κ3) is 5.50. The summed E-state index contributed by atoms with van der Waals surface area (Å²) < 4.78 is 72.9. The minimum Gasteiger partial charge on any atom is -0.394 e. The number of likely N-dealkylation sites (tertiary alicyclic amines) is 2. The lowest BCUT2D eigenvalue weighted by molar-refractivity contribution is -0.127. The lowest BCUT2D eigenvalue weighted by Gasteiger charge is -2.40. The topological polar surface area (TPSA) is 82.6 Å². The first kappa shape index (κ1) is 25.6. The summed E-state index contributed by atoms with van der Waals surface area (Å²) in [5.41, 5.74) is 5.88. The molecule has 3 N–H and O–H groups in total. The highest BCUT2D eigenvalue weighted by molar-refractivity contribution is 6.07. The van der Waals surface area contributed by atoms with Gasteiger partial charge in [-0.15, -0.1) is 0 Å². The fourth-order valence-electron chi connectivity index (χ4n) is 5.04. The molecule has 3 saturated heterocycles. The summed E-state index contributed by atoms with van der Waals surface area (Å²) in [7, 11) is 0. The normalized spacial score (nSPS) is 27.1. The van der Waals surface area contributed by atoms with Crippen molar-refractivity contribution in [1.29, 1.82) is 5.41 Å². The van der Waals surface area contributed by atoms with Crippen LogP contribution in [0.5, 0.6) is 0 Å². The van der Waals surface area contributed by atoms with Crippen molar-refractivity contribution in [2.45, 2.75) is 44.3 Å². The molecule has 1 atom stereocenters. The molecule has 192 valence electrons. The number of nitrogens with two attached hydrogens (primary N) is 1. The van der Waals surface area contributed by atoms with Crippen molar-refractivity contribution in [1.82, 2.24) is 9.80 Å². The summed E-state index contributed by atoms with van der Waals surface area (Å²) in [6.45, 7) is 3.00. The highest BCUT2D eigenvalue weighted by atomic mass is 19.4. The van der Waals surface area contributed by atoms with E-state index in [2.05, 4.69) is 4.90 Å². The van der Waals surface area contributed by atoms with Gasteiger partial charge in [0.1, 0.15) is 5.70 Å². The first-order chi connectivity index (χ1) is 16.6. The average molecular weight is 501 g/mol. The minimum absolute atomic E-state index is 0.0426. The highest BCUT2D eigenvalue weighted by Gasteiger charge is 2.40. The van der Waals surface area contributed by atoms with Crippen molar-refractivity contribution in [3.05, 3.63) is 46.2 Å². The molecule has 1 unspecified atom stereocenters. The van der Waals surface area contributed by atoms with Crippen LogP contribution in [0, 0.1) is 11.3 Å². The van der Waals surface area contributed by atoms with E-state index in [9.17, 15) is 26.7 Å². The van der Waals surface area contributed by atoms with E-state index in [0.717, 1.165) is 6.08 Å². The molecule has 0 spiro atoms. The largest absolute Gasteiger partial charge is 0.415 e. The number of allylic oxidation sites excluding steroid dienone is 6. The zero-order valence-corrected chi connectivity index (χ0v) is 19.3. The fourth-order valence-corrected chi connectivity index (χ4v) is 5.04. The van der Waals surface area contributed by atoms with Gasteiger partial charge in [-0.1, -0.05) is 11.6 Å². The van der Waals surface area contributed by atoms with Crippen LogP contribution < -0.4 is 5.73 Å². The van der Waals surface area contributed by atoms with Gasteiger partial charge in [-0.25, -0.2) is 8.78 Å². The number of halogens is 5. The van der Waals surface area contributed by atoms with Crippen molar-refractivity contribution >= 4 is 11.6 Å². The van der Waals surface area contributed by atoms with Crippen LogP contribution in [0.25, 0.3) is 0 Å². The quantitative estimate of drug-likeness (QED) is 0.455. The number of hydrogen-bond donors (Lipinski definition) is 2. The van der Waals surface area contributed by atoms with Gasteiger partial charge in [0.15, 0.2) is 11.7 Å². The van der Waals surface area contributed by atoms with E-state index in [1.54, 1.807) is 4.90 Å². The summed E-state index contributed by atoms with van der Waals surface area (Å²) in [6.07, 6.45) is -1.86. The Bertz CT molecular complexity index is 1010. The van der Waals surface area contributed by atoms with Crippen LogP contribution in [0.1, 0.15) is 32.1 Å². The van der Waals surface area contributed by atoms with E-state index in [1.165, 1.54) is 6.08 Å². The van der Waals surface area contributed by atoms with E-state index in [1.807, 2.05) is 0 Å². The number of hydrogen-bond acceptors (Lipinski definition) is 5. The Morgan fingerprint density at radius 3 is 2.49 bits per heavy atom. The highest BCUT2D eigenvalue weighted by Crippen LogP contribution is 2.41. The van der Waals surface area contributed by atoms with Crippen molar-refractivity contribution < 1.29 is 31.5 Å². The van der Waals surface area contributed by atoms with Gasteiger partial charge in [0, 0.05) is 38.2 Å². The molecular formula is C24H29F5N4O2. The maximum Gasteiger partial charge on any atom is 0.415 e. The summed E-state index contributed by atoms with van der Waals surface area (Å²) in [4.78, 5) is 16.8. The molecule has 0 aromatic carbocycles. The van der Waals surface area contributed by atoms with Crippen LogP contribution in [0.4, 0.5) is 22.0 Å². The molecule has 0 saturated carbocycles. The smallest absolute Gasteiger partial charge is 0.394 e. The van der Waals surface area contributed by atoms with E-state index >= 15 is 0 Å². The maximum atomic E-state index is 14.0. The number of nitrogens with one attached hydrogen (secondary N) is 1. The Balaban J connectivity index is 1.42. The third-order valence-electron chi connectivity index (χ3n) is 7.25. The molecule has 0 radical (unpaired) electrons. The van der Waals surface area contributed by atoms with Gasteiger partial charge in [-0.2, -0.15) is 13.2 Å². The lowest BCUT2D eigenvalue weighted by atomic mass is 9.87. The van der Waals surface area contributed by atoms with Gasteiger partial charge in [-0.05, 0) is 37.7 Å². The fraction of sp³-hybridized carbons (Fsp3) is 0.583. The molecule has 35 heavy (non-hydrogen) atoms. The standard InChI is InChI=1S/C24H29F5N4O2/c25-19-4-3-15(10-18(21(19)26)24(27,28)29)14-2-1-7-32(8-5-14)23(34)22(31)17-6-9-33(11-20(17)30)16-12-35-13-16/h3-4,14,16,30H,1-2,5-13,31H2. The molecule has 0 aromatic heterocycles. The second-order valence-corrected chi connectivity index (χ2v) is 9.43. The second kappa shape index (κ2) is 10.2. The van der Waals surface area contributed by atoms with Crippen molar-refractivity contribution in [3.63, 3.8) is 0 Å². The van der Waals surface area contributed by atoms with Crippen molar-refractivity contribution in [3.8, 4) is 0 Å². The van der Waals surface area contributed by atoms with Crippen LogP contribution in [0.3, 0.4) is 0 Å². The predicted octanol–water partition coefficient (Wildman–Crippen LogP) is 3.92. The molecule has 6 nitrogen and oxygen atoms in total. The molecule has 0 bridgehead atoms. The Morgan fingerprint density at radius 2 is 1.86 bits per heavy atom. The summed E-state index contributed by atoms with van der Waals surface area (Å²) in [5, 5.41) is 8.38. The van der Waals surface area contributed by atoms with E-state index in [4.69, 9.17) is 15.9 Å². The average Bonchev–Trinajstić information content (AvgIpc) is 3.09. The first-order valence-corrected chi connectivity index (χ1v) is 11.8. The second-order valence-electron chi connectivity index (χ2n) is 9.43. The van der Waals surface area contributed by atoms with Crippen LogP contribution in [-0.2, 0) is 9.53 Å². The van der Waals surface area contributed by atoms with Gasteiger partial charge in [0.2, 0.25) is 0 Å². The van der Waals surface area contributed by atoms with E-state index in [0.29, 0.717) is 81.4 Å². The molecule has 4 rings (SSSR count). The van der Waals surface area contributed by atoms with Crippen LogP contribution in [0.15, 0.2) is 46.2 Å². The molecular weight excluding hydrogens is 471 g/mol. The maximum absolute atomic E-state index is 14.0. The molecule has 1 aliphatic carbocycles. The summed E-state index contributed by atoms with van der Waals surface area (Å²) in [5.74, 6) is -4.13. The number of piperidine rings is 1. The molecule has 1 amide bonds. The number of amides is 1. The van der Waals surface area contributed by atoms with Crippen LogP contribution in [-0.4, -0.2) is 73.0 Å². The number of ether oxygens (including phenoxy) is 1. The number of nitrogens with zero attached hydrogens (tertiary/aromatic N) is 2. The molecule has 3 fully saturated rings. The Kier molecular flexibility index (Phi) is 7.46. The van der Waals surface area contributed by atoms with Gasteiger partial charge in [-0.3, -0.25) is 9.69 Å². The molecule has 11 heteroatoms. The predicted molar refractivity (Wildman–Crippen MR) is 120 cm³/mol. The number of carbonyl (C=O) groups excluding carboxylic acids is 1. The van der Waals surface area contributed by atoms with Gasteiger partial charge >= 0.3 is 6.18 Å². The number of rotatable bonds is 3. The SMILES string of the molecule is N=C1CN(C2COC2)CCC1=C(N)C(=O)N1CCCC(C2=CC=C(F)C(F)=C(C(F)(F)F)C2)CC1. The van der Waals surface area contributed by atoms with Gasteiger partial charge in [0.25, 0.3) is 5.91 Å². The number of carbonyl (C=O) groups is 1. The van der Waals surface area contributed by atoms with Crippen LogP contribution in [0.2, 0.25) is 0 Å². The van der Waals surface area contributed by atoms with Crippen molar-refractivity contribution in [2.24, 2.45) is 11.7 Å². The Labute approximate surface area is 200 Å². The molecule has 0 aromatic rings. The number of alkyl halides is 3. The molecule has 3 aliphatic heterocycles. The van der Waals surface area contributed by atoms with Crippen LogP contribution >= 0.6 is 0 Å². The first-order valence-electron chi connectivity index (χ1n) is 11.8. The lowest BCUT2D eigenvalue weighted by Crippen LogP contribution is -2.53. The zero-order valence-electron chi connectivity index (χ0n) is 19.3. The van der Waals surface area contributed by atoms with Crippen molar-refractivity contribution in [2.75, 3.05) is 39.4 Å².